The SMILES string of the molecule is COC(=O)CC(NNS(=O)(=O)c1ccc(C)cc1)=C(C)[C@H]1CC[C@H]2[C@@H]3[C@H](OC(C)=O)CC4C[C@H](OC(C)=O)CC[C@]4(C)[C@H]3CC(=O)[C@]12C. The maximum atomic E-state index is 14.5. The monoisotopic (exact) mass is 686 g/mol. The van der Waals surface area contributed by atoms with Crippen molar-refractivity contribution in [3.63, 3.8) is 0 Å². The number of carbonyl (C=O) groups is 4. The van der Waals surface area contributed by atoms with Crippen LogP contribution in [0, 0.1) is 47.3 Å². The predicted molar refractivity (Wildman–Crippen MR) is 176 cm³/mol. The van der Waals surface area contributed by atoms with E-state index in [1.807, 2.05) is 20.8 Å². The predicted octanol–water partition coefficient (Wildman–Crippen LogP) is 4.93. The first-order valence-corrected chi connectivity index (χ1v) is 18.5. The van der Waals surface area contributed by atoms with Gasteiger partial charge in [-0.3, -0.25) is 19.2 Å². The van der Waals surface area contributed by atoms with Gasteiger partial charge in [0.15, 0.2) is 0 Å². The van der Waals surface area contributed by atoms with Crippen molar-refractivity contribution in [2.24, 2.45) is 40.4 Å². The highest BCUT2D eigenvalue weighted by atomic mass is 32.2. The summed E-state index contributed by atoms with van der Waals surface area (Å²) in [6.07, 6.45) is 3.81. The topological polar surface area (TPSA) is 154 Å². The van der Waals surface area contributed by atoms with Crippen LogP contribution in [0.3, 0.4) is 0 Å². The first-order valence-electron chi connectivity index (χ1n) is 17.0. The van der Waals surface area contributed by atoms with Gasteiger partial charge in [-0.05, 0) is 99.2 Å². The van der Waals surface area contributed by atoms with E-state index < -0.39 is 21.4 Å². The van der Waals surface area contributed by atoms with Gasteiger partial charge in [0, 0.05) is 37.3 Å². The number of ether oxygens (including phenoxy) is 3. The Morgan fingerprint density at radius 3 is 2.23 bits per heavy atom. The standard InChI is InChI=1S/C36H50N2O9S/c1-20-8-10-26(11-9-20)48(43,44)38-37-30(19-33(42)45-7)21(2)27-12-13-28-34-29(18-32(41)36(27,28)6)35(5)15-14-25(46-22(3)39)16-24(35)17-31(34)47-23(4)40/h8-11,24-25,27-29,31,34,37-38H,12-19H2,1-7H3/t24?,25-,27-,28+,29+,31-,34+,35+,36-/m1/s1. The lowest BCUT2D eigenvalue weighted by Crippen LogP contribution is -2.61. The molecule has 48 heavy (non-hydrogen) atoms. The molecule has 4 aliphatic carbocycles. The third kappa shape index (κ3) is 6.66. The van der Waals surface area contributed by atoms with Crippen LogP contribution in [0.4, 0.5) is 0 Å². The molecule has 4 saturated carbocycles. The highest BCUT2D eigenvalue weighted by molar-refractivity contribution is 7.89. The van der Waals surface area contributed by atoms with Crippen molar-refractivity contribution in [1.82, 2.24) is 10.3 Å². The molecule has 0 amide bonds. The van der Waals surface area contributed by atoms with E-state index in [2.05, 4.69) is 17.2 Å². The number of nitrogens with one attached hydrogen (secondary N) is 2. The van der Waals surface area contributed by atoms with Gasteiger partial charge >= 0.3 is 17.9 Å². The first kappa shape index (κ1) is 36.0. The van der Waals surface area contributed by atoms with Crippen molar-refractivity contribution in [3.05, 3.63) is 41.1 Å². The number of benzene rings is 1. The number of fused-ring (bicyclic) bond motifs is 5. The molecule has 1 aromatic carbocycles. The van der Waals surface area contributed by atoms with Gasteiger partial charge in [0.2, 0.25) is 0 Å². The van der Waals surface area contributed by atoms with Gasteiger partial charge in [-0.15, -0.1) is 4.83 Å². The number of aryl methyl sites for hydroxylation is 1. The van der Waals surface area contributed by atoms with Crippen molar-refractivity contribution < 1.29 is 41.8 Å². The summed E-state index contributed by atoms with van der Waals surface area (Å²) < 4.78 is 43.0. The van der Waals surface area contributed by atoms with Crippen LogP contribution in [0.1, 0.15) is 91.5 Å². The number of carbonyl (C=O) groups excluding carboxylic acids is 4. The highest BCUT2D eigenvalue weighted by Gasteiger charge is 2.66. The minimum Gasteiger partial charge on any atom is -0.469 e. The Balaban J connectivity index is 1.47. The van der Waals surface area contributed by atoms with Crippen LogP contribution in [-0.4, -0.2) is 51.4 Å². The molecule has 0 bridgehead atoms. The number of hydrogen-bond acceptors (Lipinski definition) is 10. The maximum absolute atomic E-state index is 14.5. The molecule has 11 nitrogen and oxygen atoms in total. The molecule has 4 fully saturated rings. The molecule has 1 unspecified atom stereocenters. The Morgan fingerprint density at radius 2 is 1.60 bits per heavy atom. The van der Waals surface area contributed by atoms with E-state index in [1.54, 1.807) is 12.1 Å². The van der Waals surface area contributed by atoms with Crippen LogP contribution < -0.4 is 10.3 Å². The van der Waals surface area contributed by atoms with Gasteiger partial charge in [0.1, 0.15) is 18.0 Å². The Labute approximate surface area is 283 Å². The molecule has 2 N–H and O–H groups in total. The van der Waals surface area contributed by atoms with Gasteiger partial charge in [0.05, 0.1) is 18.4 Å². The number of methoxy groups -OCH3 is 1. The fourth-order valence-corrected chi connectivity index (χ4v) is 10.7. The van der Waals surface area contributed by atoms with Crippen LogP contribution in [0.5, 0.6) is 0 Å². The molecule has 5 rings (SSSR count). The zero-order chi connectivity index (χ0) is 35.2. The molecule has 264 valence electrons. The molecule has 0 saturated heterocycles. The molecule has 12 heteroatoms. The van der Waals surface area contributed by atoms with Crippen molar-refractivity contribution in [2.45, 2.75) is 110 Å². The lowest BCUT2D eigenvalue weighted by Gasteiger charge is -2.62. The van der Waals surface area contributed by atoms with E-state index in [0.29, 0.717) is 31.4 Å². The van der Waals surface area contributed by atoms with E-state index in [4.69, 9.17) is 14.2 Å². The Morgan fingerprint density at radius 1 is 0.938 bits per heavy atom. The smallest absolute Gasteiger partial charge is 0.311 e. The van der Waals surface area contributed by atoms with Gasteiger partial charge in [-0.1, -0.05) is 31.5 Å². The number of hydrazine groups is 1. The molecule has 0 aliphatic heterocycles. The number of ketones is 1. The lowest BCUT2D eigenvalue weighted by atomic mass is 9.43. The molecule has 9 atom stereocenters. The largest absolute Gasteiger partial charge is 0.469 e. The fourth-order valence-electron chi connectivity index (χ4n) is 9.86. The number of esters is 3. The van der Waals surface area contributed by atoms with E-state index in [-0.39, 0.29) is 76.3 Å². The van der Waals surface area contributed by atoms with Gasteiger partial charge < -0.3 is 19.6 Å². The van der Waals surface area contributed by atoms with E-state index >= 15 is 0 Å². The number of Topliss-reactive ketones (excluding diaryl/α,β-unsaturated/α-hetero) is 1. The summed E-state index contributed by atoms with van der Waals surface area (Å²) in [7, 11) is -2.70. The van der Waals surface area contributed by atoms with Crippen LogP contribution in [0.25, 0.3) is 0 Å². The summed E-state index contributed by atoms with van der Waals surface area (Å²) in [4.78, 5) is 53.8. The Bertz CT molecular complexity index is 1590. The molecule has 0 heterocycles. The van der Waals surface area contributed by atoms with E-state index in [0.717, 1.165) is 30.4 Å². The minimum absolute atomic E-state index is 0.00136. The summed E-state index contributed by atoms with van der Waals surface area (Å²) in [5.74, 6) is -1.35. The normalized spacial score (nSPS) is 34.9. The molecular weight excluding hydrogens is 636 g/mol. The first-order chi connectivity index (χ1) is 22.5. The summed E-state index contributed by atoms with van der Waals surface area (Å²) in [5, 5.41) is 0. The second-order valence-corrected chi connectivity index (χ2v) is 16.6. The zero-order valence-corrected chi connectivity index (χ0v) is 29.9. The number of hydrogen-bond donors (Lipinski definition) is 2. The molecule has 0 radical (unpaired) electrons. The minimum atomic E-state index is -3.98. The molecule has 0 aromatic heterocycles. The van der Waals surface area contributed by atoms with Crippen molar-refractivity contribution in [3.8, 4) is 0 Å². The highest BCUT2D eigenvalue weighted by Crippen LogP contribution is 2.67. The second kappa shape index (κ2) is 13.6. The Kier molecular flexibility index (Phi) is 10.2. The summed E-state index contributed by atoms with van der Waals surface area (Å²) in [5.41, 5.74) is 3.80. The average Bonchev–Trinajstić information content (AvgIpc) is 3.37. The number of sulfonamides is 1. The summed E-state index contributed by atoms with van der Waals surface area (Å²) in [6.45, 7) is 10.8. The zero-order valence-electron chi connectivity index (χ0n) is 29.1. The van der Waals surface area contributed by atoms with Crippen molar-refractivity contribution >= 4 is 33.7 Å². The molecular formula is C36H50N2O9S. The van der Waals surface area contributed by atoms with Crippen molar-refractivity contribution in [1.29, 1.82) is 0 Å². The molecule has 1 aromatic rings. The van der Waals surface area contributed by atoms with Crippen LogP contribution in [-0.2, 0) is 43.4 Å². The van der Waals surface area contributed by atoms with E-state index in [9.17, 15) is 27.6 Å². The average molecular weight is 687 g/mol. The van der Waals surface area contributed by atoms with Gasteiger partial charge in [-0.2, -0.15) is 0 Å². The van der Waals surface area contributed by atoms with E-state index in [1.165, 1.54) is 33.1 Å². The summed E-state index contributed by atoms with van der Waals surface area (Å²) in [6, 6.07) is 6.42. The number of allylic oxidation sites excluding steroid dienone is 1. The second-order valence-electron chi connectivity index (χ2n) is 14.9. The van der Waals surface area contributed by atoms with Crippen LogP contribution >= 0.6 is 0 Å². The quantitative estimate of drug-likeness (QED) is 0.208. The van der Waals surface area contributed by atoms with Gasteiger partial charge in [0.25, 0.3) is 10.0 Å². The fraction of sp³-hybridized carbons (Fsp3) is 0.667. The molecule has 4 aliphatic rings. The summed E-state index contributed by atoms with van der Waals surface area (Å²) >= 11 is 0. The molecule has 0 spiro atoms. The third-order valence-electron chi connectivity index (χ3n) is 12.3. The van der Waals surface area contributed by atoms with Crippen LogP contribution in [0.15, 0.2) is 40.4 Å². The van der Waals surface area contributed by atoms with Crippen molar-refractivity contribution in [2.75, 3.05) is 7.11 Å². The van der Waals surface area contributed by atoms with Crippen LogP contribution in [0.2, 0.25) is 0 Å². The third-order valence-corrected chi connectivity index (χ3v) is 13.6. The number of rotatable bonds is 9. The Hall–Kier alpha value is -3.25. The lowest BCUT2D eigenvalue weighted by molar-refractivity contribution is -0.195. The maximum Gasteiger partial charge on any atom is 0.311 e. The van der Waals surface area contributed by atoms with Gasteiger partial charge in [-0.25, -0.2) is 8.42 Å².